The summed E-state index contributed by atoms with van der Waals surface area (Å²) in [6.45, 7) is 8.64. The lowest BCUT2D eigenvalue weighted by Gasteiger charge is -2.23. The Labute approximate surface area is 205 Å². The van der Waals surface area contributed by atoms with Crippen molar-refractivity contribution in [3.8, 4) is 5.69 Å². The molecule has 1 aromatic heterocycles. The number of hydrogen-bond acceptors (Lipinski definition) is 5. The monoisotopic (exact) mass is 497 g/mol. The molecule has 0 radical (unpaired) electrons. The van der Waals surface area contributed by atoms with Crippen LogP contribution in [0.5, 0.6) is 0 Å². The maximum Gasteiger partial charge on any atom is 0.296 e. The van der Waals surface area contributed by atoms with Crippen molar-refractivity contribution in [3.63, 3.8) is 0 Å². The molecule has 0 fully saturated rings. The molecule has 10 heteroatoms. The van der Waals surface area contributed by atoms with Gasteiger partial charge in [-0.25, -0.2) is 22.8 Å². The predicted molar refractivity (Wildman–Crippen MR) is 137 cm³/mol. The van der Waals surface area contributed by atoms with Gasteiger partial charge in [-0.05, 0) is 38.1 Å². The van der Waals surface area contributed by atoms with Crippen molar-refractivity contribution in [3.05, 3.63) is 76.7 Å². The van der Waals surface area contributed by atoms with Crippen LogP contribution in [0.1, 0.15) is 33.4 Å². The number of rotatable bonds is 7. The van der Waals surface area contributed by atoms with E-state index in [0.29, 0.717) is 17.1 Å². The highest BCUT2D eigenvalue weighted by Crippen LogP contribution is 2.25. The van der Waals surface area contributed by atoms with E-state index >= 15 is 0 Å². The first-order valence-electron chi connectivity index (χ1n) is 11.1. The summed E-state index contributed by atoms with van der Waals surface area (Å²) in [6.07, 6.45) is 0. The second-order valence-electron chi connectivity index (χ2n) is 9.22. The minimum atomic E-state index is -4.25. The number of anilines is 1. The van der Waals surface area contributed by atoms with Crippen LogP contribution in [-0.4, -0.2) is 35.9 Å². The van der Waals surface area contributed by atoms with E-state index < -0.39 is 28.0 Å². The van der Waals surface area contributed by atoms with Gasteiger partial charge in [0.15, 0.2) is 0 Å². The average Bonchev–Trinajstić information content (AvgIpc) is 3.04. The van der Waals surface area contributed by atoms with E-state index in [0.717, 1.165) is 4.31 Å². The van der Waals surface area contributed by atoms with E-state index in [-0.39, 0.29) is 16.0 Å². The highest BCUT2D eigenvalue weighted by Gasteiger charge is 2.33. The molecule has 9 nitrogen and oxygen atoms in total. The van der Waals surface area contributed by atoms with Crippen LogP contribution in [0.2, 0.25) is 0 Å². The molecule has 3 rings (SSSR count). The molecule has 0 atom stereocenters. The Kier molecular flexibility index (Phi) is 7.35. The summed E-state index contributed by atoms with van der Waals surface area (Å²) in [5.41, 5.74) is 3.13. The molecule has 1 N–H and O–H groups in total. The molecule has 2 aromatic carbocycles. The van der Waals surface area contributed by atoms with Crippen LogP contribution in [0, 0.1) is 12.3 Å². The van der Waals surface area contributed by atoms with Crippen molar-refractivity contribution in [1.82, 2.24) is 14.8 Å². The number of aromatic nitrogens is 2. The topological polar surface area (TPSA) is 106 Å². The summed E-state index contributed by atoms with van der Waals surface area (Å²) in [7, 11) is -2.59. The first kappa shape index (κ1) is 26.0. The number of amides is 1. The second kappa shape index (κ2) is 9.91. The van der Waals surface area contributed by atoms with E-state index in [1.54, 1.807) is 68.0 Å². The average molecular weight is 498 g/mol. The lowest BCUT2D eigenvalue weighted by atomic mass is 9.91. The number of carbonyl (C=O) groups is 1. The minimum absolute atomic E-state index is 0.0314. The summed E-state index contributed by atoms with van der Waals surface area (Å²) in [5.74, 6) is -0.665. The molecule has 0 aliphatic heterocycles. The highest BCUT2D eigenvalue weighted by atomic mass is 32.2. The van der Waals surface area contributed by atoms with Crippen LogP contribution in [0.15, 0.2) is 75.5 Å². The normalized spacial score (nSPS) is 12.5. The predicted octanol–water partition coefficient (Wildman–Crippen LogP) is 3.22. The Hall–Kier alpha value is -3.66. The van der Waals surface area contributed by atoms with E-state index in [9.17, 15) is 18.0 Å². The van der Waals surface area contributed by atoms with Crippen molar-refractivity contribution >= 4 is 27.3 Å². The number of nitrogens with zero attached hydrogens (tertiary/aromatic N) is 4. The second-order valence-corrected chi connectivity index (χ2v) is 11.1. The quantitative estimate of drug-likeness (QED) is 0.400. The Morgan fingerprint density at radius 2 is 1.57 bits per heavy atom. The van der Waals surface area contributed by atoms with Gasteiger partial charge in [-0.15, -0.1) is 0 Å². The molecule has 1 heterocycles. The Balaban J connectivity index is 2.14. The fourth-order valence-electron chi connectivity index (χ4n) is 3.32. The van der Waals surface area contributed by atoms with Gasteiger partial charge in [-0.2, -0.15) is 5.10 Å². The van der Waals surface area contributed by atoms with Gasteiger partial charge >= 0.3 is 0 Å². The van der Waals surface area contributed by atoms with Crippen LogP contribution in [0.4, 0.5) is 5.69 Å². The Morgan fingerprint density at radius 1 is 1.03 bits per heavy atom. The lowest BCUT2D eigenvalue weighted by Crippen LogP contribution is -2.42. The molecule has 0 bridgehead atoms. The van der Waals surface area contributed by atoms with Gasteiger partial charge in [0.25, 0.3) is 21.5 Å². The third-order valence-corrected chi connectivity index (χ3v) is 7.59. The molecule has 186 valence electrons. The summed E-state index contributed by atoms with van der Waals surface area (Å²) >= 11 is 0. The first-order chi connectivity index (χ1) is 16.4. The Morgan fingerprint density at radius 3 is 2.11 bits per heavy atom. The zero-order valence-corrected chi connectivity index (χ0v) is 21.6. The maximum atomic E-state index is 13.7. The molecule has 0 aliphatic carbocycles. The molecule has 0 saturated carbocycles. The zero-order chi connectivity index (χ0) is 26.0. The van der Waals surface area contributed by atoms with Gasteiger partial charge in [0, 0.05) is 18.2 Å². The largest absolute Gasteiger partial charge is 0.296 e. The van der Waals surface area contributed by atoms with Crippen molar-refractivity contribution in [2.24, 2.45) is 17.6 Å². The van der Waals surface area contributed by atoms with Gasteiger partial charge in [-0.1, -0.05) is 57.2 Å². The fraction of sp³-hybridized carbons (Fsp3) is 0.320. The zero-order valence-electron chi connectivity index (χ0n) is 20.8. The molecule has 0 spiro atoms. The minimum Gasteiger partial charge on any atom is -0.283 e. The SMILES string of the molecule is C/C(=N/NC(=O)CN(c1c(C)n(C)n(-c2ccccc2)c1=O)S(=O)(=O)c1ccccc1)C(C)(C)C. The van der Waals surface area contributed by atoms with Gasteiger partial charge in [0.05, 0.1) is 16.3 Å². The number of hydrogen-bond donors (Lipinski definition) is 1. The van der Waals surface area contributed by atoms with E-state index in [1.807, 2.05) is 26.8 Å². The summed E-state index contributed by atoms with van der Waals surface area (Å²) < 4.78 is 31.2. The molecule has 0 saturated heterocycles. The standard InChI is InChI=1S/C25H31N5O4S/c1-18-23(24(32)30(28(18)6)20-13-9-7-10-14-20)29(35(33,34)21-15-11-8-12-16-21)17-22(31)27-26-19(2)25(3,4)5/h7-16H,17H2,1-6H3,(H,27,31)/b26-19-. The van der Waals surface area contributed by atoms with Crippen molar-refractivity contribution in [2.75, 3.05) is 10.8 Å². The fourth-order valence-corrected chi connectivity index (χ4v) is 4.82. The summed E-state index contributed by atoms with van der Waals surface area (Å²) in [6, 6.07) is 16.6. The van der Waals surface area contributed by atoms with E-state index in [2.05, 4.69) is 10.5 Å². The molecule has 1 amide bonds. The summed E-state index contributed by atoms with van der Waals surface area (Å²) in [4.78, 5) is 26.4. The third kappa shape index (κ3) is 5.37. The van der Waals surface area contributed by atoms with Gasteiger partial charge in [-0.3, -0.25) is 14.3 Å². The van der Waals surface area contributed by atoms with Crippen LogP contribution < -0.4 is 15.3 Å². The number of para-hydroxylation sites is 1. The molecular weight excluding hydrogens is 466 g/mol. The highest BCUT2D eigenvalue weighted by molar-refractivity contribution is 7.92. The maximum absolute atomic E-state index is 13.7. The van der Waals surface area contributed by atoms with E-state index in [4.69, 9.17) is 0 Å². The molecular formula is C25H31N5O4S. The van der Waals surface area contributed by atoms with Crippen molar-refractivity contribution in [2.45, 2.75) is 39.5 Å². The molecule has 3 aromatic rings. The molecule has 0 aliphatic rings. The molecule has 0 unspecified atom stereocenters. The number of carbonyl (C=O) groups excluding carboxylic acids is 1. The van der Waals surface area contributed by atoms with Crippen molar-refractivity contribution < 1.29 is 13.2 Å². The van der Waals surface area contributed by atoms with Gasteiger partial charge in [0.1, 0.15) is 12.2 Å². The van der Waals surface area contributed by atoms with Gasteiger partial charge in [0.2, 0.25) is 0 Å². The van der Waals surface area contributed by atoms with Crippen LogP contribution >= 0.6 is 0 Å². The number of sulfonamides is 1. The molecule has 35 heavy (non-hydrogen) atoms. The number of hydrazone groups is 1. The Bertz CT molecular complexity index is 1400. The van der Waals surface area contributed by atoms with Gasteiger partial charge < -0.3 is 0 Å². The smallest absolute Gasteiger partial charge is 0.283 e. The van der Waals surface area contributed by atoms with Crippen LogP contribution in [-0.2, 0) is 21.9 Å². The van der Waals surface area contributed by atoms with Crippen LogP contribution in [0.25, 0.3) is 5.69 Å². The number of nitrogens with one attached hydrogen (secondary N) is 1. The lowest BCUT2D eigenvalue weighted by molar-refractivity contribution is -0.119. The van der Waals surface area contributed by atoms with Crippen LogP contribution in [0.3, 0.4) is 0 Å². The number of benzene rings is 2. The van der Waals surface area contributed by atoms with E-state index in [1.165, 1.54) is 16.8 Å². The summed E-state index contributed by atoms with van der Waals surface area (Å²) in [5, 5.41) is 4.12. The third-order valence-electron chi connectivity index (χ3n) is 5.83. The first-order valence-corrected chi connectivity index (χ1v) is 12.5. The van der Waals surface area contributed by atoms with Crippen molar-refractivity contribution in [1.29, 1.82) is 0 Å².